The Morgan fingerprint density at radius 1 is 1.38 bits per heavy atom. The monoisotopic (exact) mass is 246 g/mol. The highest BCUT2D eigenvalue weighted by Gasteiger charge is 2.24. The Bertz CT molecular complexity index is 458. The van der Waals surface area contributed by atoms with Crippen LogP contribution in [0.2, 0.25) is 0 Å². The van der Waals surface area contributed by atoms with Gasteiger partial charge < -0.3 is 0 Å². The first kappa shape index (κ1) is 12.6. The molecule has 1 unspecified atom stereocenters. The van der Waals surface area contributed by atoms with E-state index in [1.165, 1.54) is 31.2 Å². The zero-order chi connectivity index (χ0) is 12.3. The highest BCUT2D eigenvalue weighted by atomic mass is 32.2. The number of non-ortho nitro benzene ring substituents is 1. The molecule has 0 aliphatic carbocycles. The van der Waals surface area contributed by atoms with Crippen molar-refractivity contribution in [3.63, 3.8) is 0 Å². The fraction of sp³-hybridized carbons (Fsp3) is 0.250. The maximum absolute atomic E-state index is 10.4. The van der Waals surface area contributed by atoms with Crippen molar-refractivity contribution in [2.45, 2.75) is 12.6 Å². The standard InChI is InChI=1S/C8H10N2O5S/c1-8(9,15-16(13)14)6-2-4-7(5-3-6)10(11)12/h2-5,16H,9H2,1H3. The van der Waals surface area contributed by atoms with E-state index in [1.54, 1.807) is 0 Å². The van der Waals surface area contributed by atoms with Crippen molar-refractivity contribution in [2.24, 2.45) is 5.73 Å². The van der Waals surface area contributed by atoms with Crippen LogP contribution in [0.15, 0.2) is 24.3 Å². The number of benzene rings is 1. The van der Waals surface area contributed by atoms with Gasteiger partial charge in [0.05, 0.1) is 4.92 Å². The predicted molar refractivity (Wildman–Crippen MR) is 56.0 cm³/mol. The zero-order valence-corrected chi connectivity index (χ0v) is 9.22. The molecule has 0 saturated heterocycles. The summed E-state index contributed by atoms with van der Waals surface area (Å²) in [5, 5.41) is 10.4. The lowest BCUT2D eigenvalue weighted by molar-refractivity contribution is -0.384. The third-order valence-electron chi connectivity index (χ3n) is 1.92. The first-order valence-electron chi connectivity index (χ1n) is 4.20. The van der Waals surface area contributed by atoms with Crippen LogP contribution in [0.1, 0.15) is 12.5 Å². The summed E-state index contributed by atoms with van der Waals surface area (Å²) in [6.45, 7) is 1.35. The average Bonchev–Trinajstić information content (AvgIpc) is 2.16. The molecule has 0 bridgehead atoms. The molecule has 8 heteroatoms. The fourth-order valence-electron chi connectivity index (χ4n) is 1.12. The maximum Gasteiger partial charge on any atom is 0.269 e. The first-order valence-corrected chi connectivity index (χ1v) is 5.30. The molecule has 0 aromatic heterocycles. The summed E-state index contributed by atoms with van der Waals surface area (Å²) in [6, 6.07) is 5.14. The number of hydrogen-bond acceptors (Lipinski definition) is 6. The van der Waals surface area contributed by atoms with E-state index in [0.717, 1.165) is 0 Å². The third kappa shape index (κ3) is 2.99. The van der Waals surface area contributed by atoms with Crippen LogP contribution >= 0.6 is 0 Å². The van der Waals surface area contributed by atoms with Crippen LogP contribution in [0.4, 0.5) is 5.69 Å². The molecule has 1 aromatic rings. The van der Waals surface area contributed by atoms with Crippen LogP contribution in [0.3, 0.4) is 0 Å². The van der Waals surface area contributed by atoms with Gasteiger partial charge in [0.15, 0.2) is 5.72 Å². The van der Waals surface area contributed by atoms with Crippen LogP contribution in [0, 0.1) is 10.1 Å². The Labute approximate surface area is 93.1 Å². The van der Waals surface area contributed by atoms with E-state index in [9.17, 15) is 18.5 Å². The van der Waals surface area contributed by atoms with Crippen LogP contribution in [0.5, 0.6) is 0 Å². The van der Waals surface area contributed by atoms with Crippen molar-refractivity contribution in [1.29, 1.82) is 0 Å². The molecule has 0 heterocycles. The van der Waals surface area contributed by atoms with Crippen LogP contribution < -0.4 is 5.73 Å². The number of rotatable bonds is 4. The number of nitro groups is 1. The molecule has 1 aromatic carbocycles. The number of nitrogens with two attached hydrogens (primary N) is 1. The van der Waals surface area contributed by atoms with Crippen LogP contribution in [0.25, 0.3) is 0 Å². The van der Waals surface area contributed by atoms with Crippen molar-refractivity contribution >= 4 is 16.7 Å². The molecule has 88 valence electrons. The van der Waals surface area contributed by atoms with E-state index < -0.39 is 21.6 Å². The largest absolute Gasteiger partial charge is 0.299 e. The van der Waals surface area contributed by atoms with Crippen molar-refractivity contribution < 1.29 is 17.5 Å². The molecular formula is C8H10N2O5S. The summed E-state index contributed by atoms with van der Waals surface area (Å²) >= 11 is 0. The Balaban J connectivity index is 3.01. The molecular weight excluding hydrogens is 236 g/mol. The molecule has 0 aliphatic heterocycles. The molecule has 0 amide bonds. The van der Waals surface area contributed by atoms with E-state index >= 15 is 0 Å². The van der Waals surface area contributed by atoms with Gasteiger partial charge in [-0.05, 0) is 24.6 Å². The SMILES string of the molecule is CC(N)(O[SH](=O)=O)c1ccc([N+](=O)[O-])cc1. The third-order valence-corrected chi connectivity index (χ3v) is 2.44. The number of nitro benzene ring substituents is 1. The van der Waals surface area contributed by atoms with Gasteiger partial charge in [-0.25, -0.2) is 12.6 Å². The minimum Gasteiger partial charge on any atom is -0.299 e. The zero-order valence-electron chi connectivity index (χ0n) is 8.32. The highest BCUT2D eigenvalue weighted by Crippen LogP contribution is 2.22. The first-order chi connectivity index (χ1) is 7.33. The molecule has 1 rings (SSSR count). The minimum atomic E-state index is -3.09. The van der Waals surface area contributed by atoms with Gasteiger partial charge in [-0.2, -0.15) is 0 Å². The number of thiol groups is 1. The van der Waals surface area contributed by atoms with Gasteiger partial charge in [-0.15, -0.1) is 0 Å². The second kappa shape index (κ2) is 4.56. The average molecular weight is 246 g/mol. The van der Waals surface area contributed by atoms with Crippen molar-refractivity contribution in [2.75, 3.05) is 0 Å². The minimum absolute atomic E-state index is 0.105. The summed E-state index contributed by atoms with van der Waals surface area (Å²) in [5.74, 6) is 0. The van der Waals surface area contributed by atoms with E-state index in [-0.39, 0.29) is 5.69 Å². The molecule has 7 nitrogen and oxygen atoms in total. The molecule has 0 spiro atoms. The van der Waals surface area contributed by atoms with Gasteiger partial charge in [0.1, 0.15) is 0 Å². The van der Waals surface area contributed by atoms with Crippen LogP contribution in [-0.4, -0.2) is 13.3 Å². The van der Waals surface area contributed by atoms with E-state index in [0.29, 0.717) is 5.56 Å². The van der Waals surface area contributed by atoms with E-state index in [2.05, 4.69) is 4.18 Å². The summed E-state index contributed by atoms with van der Waals surface area (Å²) in [6.07, 6.45) is 0. The summed E-state index contributed by atoms with van der Waals surface area (Å²) < 4.78 is 25.3. The molecule has 2 N–H and O–H groups in total. The molecule has 0 radical (unpaired) electrons. The van der Waals surface area contributed by atoms with Gasteiger partial charge in [0, 0.05) is 12.1 Å². The van der Waals surface area contributed by atoms with Gasteiger partial charge in [0.2, 0.25) is 0 Å². The number of hydrogen-bond donors (Lipinski definition) is 2. The Morgan fingerprint density at radius 2 is 1.88 bits per heavy atom. The Kier molecular flexibility index (Phi) is 3.58. The second-order valence-electron chi connectivity index (χ2n) is 3.23. The molecule has 0 fully saturated rings. The predicted octanol–water partition coefficient (Wildman–Crippen LogP) is 0.269. The Morgan fingerprint density at radius 3 is 2.25 bits per heavy atom. The van der Waals surface area contributed by atoms with Gasteiger partial charge in [-0.1, -0.05) is 0 Å². The summed E-state index contributed by atoms with van der Waals surface area (Å²) in [7, 11) is -3.09. The van der Waals surface area contributed by atoms with Gasteiger partial charge in [0.25, 0.3) is 16.7 Å². The molecule has 16 heavy (non-hydrogen) atoms. The van der Waals surface area contributed by atoms with Crippen molar-refractivity contribution in [3.05, 3.63) is 39.9 Å². The van der Waals surface area contributed by atoms with Gasteiger partial charge >= 0.3 is 0 Å². The molecule has 0 aliphatic rings. The lowest BCUT2D eigenvalue weighted by Crippen LogP contribution is -2.35. The van der Waals surface area contributed by atoms with Gasteiger partial charge in [-0.3, -0.25) is 15.8 Å². The highest BCUT2D eigenvalue weighted by molar-refractivity contribution is 7.67. The fourth-order valence-corrected chi connectivity index (χ4v) is 1.54. The Hall–Kier alpha value is -1.51. The number of nitrogens with zero attached hydrogens (tertiary/aromatic N) is 1. The molecule has 1 atom stereocenters. The second-order valence-corrected chi connectivity index (χ2v) is 3.86. The normalized spacial score (nSPS) is 14.7. The lowest BCUT2D eigenvalue weighted by Gasteiger charge is -2.21. The molecule has 0 saturated carbocycles. The van der Waals surface area contributed by atoms with Crippen LogP contribution in [-0.2, 0) is 20.9 Å². The lowest BCUT2D eigenvalue weighted by atomic mass is 10.1. The van der Waals surface area contributed by atoms with E-state index in [4.69, 9.17) is 5.73 Å². The quantitative estimate of drug-likeness (QED) is 0.341. The van der Waals surface area contributed by atoms with Crippen molar-refractivity contribution in [3.8, 4) is 0 Å². The van der Waals surface area contributed by atoms with Crippen molar-refractivity contribution in [1.82, 2.24) is 0 Å². The topological polar surface area (TPSA) is 113 Å². The van der Waals surface area contributed by atoms with E-state index in [1.807, 2.05) is 0 Å². The summed E-state index contributed by atoms with van der Waals surface area (Å²) in [4.78, 5) is 9.82. The smallest absolute Gasteiger partial charge is 0.269 e. The summed E-state index contributed by atoms with van der Waals surface area (Å²) in [5.41, 5.74) is 4.29. The maximum atomic E-state index is 10.4.